The molecule has 1 unspecified atom stereocenters. The molecule has 3 rings (SSSR count). The van der Waals surface area contributed by atoms with E-state index in [-0.39, 0.29) is 11.5 Å². The normalized spacial score (nSPS) is 17.0. The molecule has 126 valence electrons. The van der Waals surface area contributed by atoms with Crippen LogP contribution in [-0.2, 0) is 6.54 Å². The van der Waals surface area contributed by atoms with Crippen molar-refractivity contribution >= 4 is 17.5 Å². The summed E-state index contributed by atoms with van der Waals surface area (Å²) in [5.74, 6) is -0.170. The summed E-state index contributed by atoms with van der Waals surface area (Å²) in [5.41, 5.74) is 1.15. The average Bonchev–Trinajstić information content (AvgIpc) is 3.10. The summed E-state index contributed by atoms with van der Waals surface area (Å²) < 4.78 is 1.50. The van der Waals surface area contributed by atoms with Crippen molar-refractivity contribution in [2.45, 2.75) is 25.4 Å². The molecule has 2 heterocycles. The third-order valence-electron chi connectivity index (χ3n) is 4.22. The average molecular weight is 346 g/mol. The molecular weight excluding hydrogens is 326 g/mol. The largest absolute Gasteiger partial charge is 0.350 e. The Labute approximate surface area is 145 Å². The number of rotatable bonds is 5. The molecule has 1 amide bonds. The van der Waals surface area contributed by atoms with Gasteiger partial charge in [-0.05, 0) is 37.1 Å². The summed E-state index contributed by atoms with van der Waals surface area (Å²) in [5, 5.41) is 6.86. The fourth-order valence-electron chi connectivity index (χ4n) is 2.85. The van der Waals surface area contributed by atoms with Crippen LogP contribution < -0.4 is 16.2 Å². The van der Waals surface area contributed by atoms with Gasteiger partial charge in [-0.2, -0.15) is 0 Å². The minimum absolute atomic E-state index is 0.163. The summed E-state index contributed by atoms with van der Waals surface area (Å²) in [6.45, 7) is 1.94. The van der Waals surface area contributed by atoms with Crippen LogP contribution >= 0.6 is 11.6 Å². The van der Waals surface area contributed by atoms with Crippen LogP contribution in [0.4, 0.5) is 0 Å². The molecule has 5 nitrogen and oxygen atoms in total. The first-order valence-corrected chi connectivity index (χ1v) is 8.47. The van der Waals surface area contributed by atoms with Crippen LogP contribution in [0, 0.1) is 0 Å². The van der Waals surface area contributed by atoms with E-state index in [0.717, 1.165) is 24.9 Å². The molecule has 6 heteroatoms. The SMILES string of the molecule is O=C(NCC1CCCN1)c1ccc(=O)n(Cc2ccccc2Cl)c1. The molecule has 24 heavy (non-hydrogen) atoms. The van der Waals surface area contributed by atoms with Gasteiger partial charge in [-0.3, -0.25) is 9.59 Å². The maximum Gasteiger partial charge on any atom is 0.252 e. The van der Waals surface area contributed by atoms with E-state index in [1.807, 2.05) is 18.2 Å². The van der Waals surface area contributed by atoms with Crippen molar-refractivity contribution < 1.29 is 4.79 Å². The van der Waals surface area contributed by atoms with Crippen LogP contribution in [0.2, 0.25) is 5.02 Å². The van der Waals surface area contributed by atoms with E-state index >= 15 is 0 Å². The van der Waals surface area contributed by atoms with Crippen LogP contribution in [-0.4, -0.2) is 29.6 Å². The number of amides is 1. The minimum atomic E-state index is -0.170. The van der Waals surface area contributed by atoms with Gasteiger partial charge in [-0.1, -0.05) is 29.8 Å². The summed E-state index contributed by atoms with van der Waals surface area (Å²) >= 11 is 6.15. The van der Waals surface area contributed by atoms with Crippen LogP contribution in [0.1, 0.15) is 28.8 Å². The summed E-state index contributed by atoms with van der Waals surface area (Å²) in [6.07, 6.45) is 3.80. The Bertz CT molecular complexity index is 782. The number of aromatic nitrogens is 1. The lowest BCUT2D eigenvalue weighted by Gasteiger charge is -2.13. The molecule has 1 aromatic heterocycles. The lowest BCUT2D eigenvalue weighted by molar-refractivity contribution is 0.0949. The fraction of sp³-hybridized carbons (Fsp3) is 0.333. The predicted octanol–water partition coefficient (Wildman–Crippen LogP) is 2.03. The van der Waals surface area contributed by atoms with E-state index in [2.05, 4.69) is 10.6 Å². The summed E-state index contributed by atoms with van der Waals surface area (Å²) in [4.78, 5) is 24.4. The van der Waals surface area contributed by atoms with Crippen molar-refractivity contribution in [3.8, 4) is 0 Å². The Balaban J connectivity index is 1.72. The second-order valence-electron chi connectivity index (χ2n) is 5.98. The lowest BCUT2D eigenvalue weighted by atomic mass is 10.2. The number of halogens is 1. The number of nitrogens with zero attached hydrogens (tertiary/aromatic N) is 1. The molecular formula is C18H20ClN3O2. The van der Waals surface area contributed by atoms with Crippen molar-refractivity contribution in [3.05, 3.63) is 69.1 Å². The van der Waals surface area contributed by atoms with E-state index in [1.54, 1.807) is 18.3 Å². The Morgan fingerprint density at radius 3 is 2.88 bits per heavy atom. The Hall–Kier alpha value is -2.11. The highest BCUT2D eigenvalue weighted by molar-refractivity contribution is 6.31. The number of hydrogen-bond acceptors (Lipinski definition) is 3. The standard InChI is InChI=1S/C18H20ClN3O2/c19-16-6-2-1-4-13(16)11-22-12-14(7-8-17(22)23)18(24)21-10-15-5-3-9-20-15/h1-2,4,6-8,12,15,20H,3,5,9-11H2,(H,21,24). The van der Waals surface area contributed by atoms with E-state index in [4.69, 9.17) is 11.6 Å². The third kappa shape index (κ3) is 4.04. The molecule has 1 atom stereocenters. The zero-order valence-electron chi connectivity index (χ0n) is 13.3. The Morgan fingerprint density at radius 2 is 2.12 bits per heavy atom. The monoisotopic (exact) mass is 345 g/mol. The van der Waals surface area contributed by atoms with E-state index < -0.39 is 0 Å². The van der Waals surface area contributed by atoms with Crippen molar-refractivity contribution in [3.63, 3.8) is 0 Å². The summed E-state index contributed by atoms with van der Waals surface area (Å²) in [6, 6.07) is 10.7. The van der Waals surface area contributed by atoms with Crippen molar-refractivity contribution in [2.24, 2.45) is 0 Å². The van der Waals surface area contributed by atoms with E-state index in [9.17, 15) is 9.59 Å². The first-order valence-electron chi connectivity index (χ1n) is 8.09. The second kappa shape index (κ2) is 7.64. The molecule has 0 bridgehead atoms. The van der Waals surface area contributed by atoms with Gasteiger partial charge in [-0.25, -0.2) is 0 Å². The van der Waals surface area contributed by atoms with Crippen molar-refractivity contribution in [1.82, 2.24) is 15.2 Å². The quantitative estimate of drug-likeness (QED) is 0.871. The zero-order chi connectivity index (χ0) is 16.9. The maximum absolute atomic E-state index is 12.3. The molecule has 2 N–H and O–H groups in total. The Morgan fingerprint density at radius 1 is 1.29 bits per heavy atom. The van der Waals surface area contributed by atoms with Gasteiger partial charge in [0.05, 0.1) is 12.1 Å². The van der Waals surface area contributed by atoms with Gasteiger partial charge in [0, 0.05) is 29.9 Å². The minimum Gasteiger partial charge on any atom is -0.350 e. The van der Waals surface area contributed by atoms with Gasteiger partial charge in [0.1, 0.15) is 0 Å². The van der Waals surface area contributed by atoms with Crippen molar-refractivity contribution in [1.29, 1.82) is 0 Å². The molecule has 1 aliphatic heterocycles. The number of carbonyl (C=O) groups excluding carboxylic acids is 1. The molecule has 0 aliphatic carbocycles. The number of nitrogens with one attached hydrogen (secondary N) is 2. The van der Waals surface area contributed by atoms with Gasteiger partial charge < -0.3 is 15.2 Å². The molecule has 2 aromatic rings. The maximum atomic E-state index is 12.3. The molecule has 0 saturated carbocycles. The van der Waals surface area contributed by atoms with Gasteiger partial charge >= 0.3 is 0 Å². The number of hydrogen-bond donors (Lipinski definition) is 2. The third-order valence-corrected chi connectivity index (χ3v) is 4.58. The van der Waals surface area contributed by atoms with Crippen molar-refractivity contribution in [2.75, 3.05) is 13.1 Å². The number of pyridine rings is 1. The topological polar surface area (TPSA) is 63.1 Å². The van der Waals surface area contributed by atoms with Crippen LogP contribution in [0.15, 0.2) is 47.4 Å². The smallest absolute Gasteiger partial charge is 0.252 e. The molecule has 1 saturated heterocycles. The van der Waals surface area contributed by atoms with Gasteiger partial charge in [-0.15, -0.1) is 0 Å². The summed E-state index contributed by atoms with van der Waals surface area (Å²) in [7, 11) is 0. The highest BCUT2D eigenvalue weighted by atomic mass is 35.5. The highest BCUT2D eigenvalue weighted by Crippen LogP contribution is 2.15. The van der Waals surface area contributed by atoms with E-state index in [0.29, 0.717) is 29.7 Å². The van der Waals surface area contributed by atoms with E-state index in [1.165, 1.54) is 10.6 Å². The second-order valence-corrected chi connectivity index (χ2v) is 6.39. The first-order chi connectivity index (χ1) is 11.6. The molecule has 0 spiro atoms. The molecule has 1 aromatic carbocycles. The number of carbonyl (C=O) groups is 1. The zero-order valence-corrected chi connectivity index (χ0v) is 14.1. The Kier molecular flexibility index (Phi) is 5.33. The van der Waals surface area contributed by atoms with Crippen LogP contribution in [0.25, 0.3) is 0 Å². The lowest BCUT2D eigenvalue weighted by Crippen LogP contribution is -2.37. The van der Waals surface area contributed by atoms with Crippen LogP contribution in [0.3, 0.4) is 0 Å². The molecule has 0 radical (unpaired) electrons. The molecule has 1 aliphatic rings. The molecule has 1 fully saturated rings. The first kappa shape index (κ1) is 16.7. The highest BCUT2D eigenvalue weighted by Gasteiger charge is 2.15. The van der Waals surface area contributed by atoms with Crippen LogP contribution in [0.5, 0.6) is 0 Å². The van der Waals surface area contributed by atoms with Gasteiger partial charge in [0.25, 0.3) is 11.5 Å². The fourth-order valence-corrected chi connectivity index (χ4v) is 3.04. The van der Waals surface area contributed by atoms with Gasteiger partial charge in [0.15, 0.2) is 0 Å². The predicted molar refractivity (Wildman–Crippen MR) is 94.6 cm³/mol. The number of benzene rings is 1. The van der Waals surface area contributed by atoms with Gasteiger partial charge in [0.2, 0.25) is 0 Å².